The van der Waals surface area contributed by atoms with Gasteiger partial charge in [0.1, 0.15) is 6.61 Å². The molecule has 0 fully saturated rings. The van der Waals surface area contributed by atoms with Crippen molar-refractivity contribution in [2.24, 2.45) is 0 Å². The van der Waals surface area contributed by atoms with Crippen LogP contribution < -0.4 is 5.32 Å². The largest absolute Gasteiger partial charge is 0.443 e. The number of aromatic nitrogens is 2. The third-order valence-corrected chi connectivity index (χ3v) is 3.64. The molecule has 2 heterocycles. The lowest BCUT2D eigenvalue weighted by atomic mass is 10.3. The van der Waals surface area contributed by atoms with E-state index in [0.29, 0.717) is 5.69 Å². The molecule has 0 unspecified atom stereocenters. The zero-order chi connectivity index (χ0) is 13.7. The van der Waals surface area contributed by atoms with E-state index in [1.807, 2.05) is 32.0 Å². The number of rotatable bonds is 4. The van der Waals surface area contributed by atoms with Crippen LogP contribution in [0.5, 0.6) is 0 Å². The van der Waals surface area contributed by atoms with E-state index < -0.39 is 6.09 Å². The molecule has 1 amide bonds. The fraction of sp³-hybridized carbons (Fsp3) is 0.308. The molecule has 100 valence electrons. The molecule has 0 saturated heterocycles. The first-order valence-electron chi connectivity index (χ1n) is 5.99. The highest BCUT2D eigenvalue weighted by molar-refractivity contribution is 7.06. The summed E-state index contributed by atoms with van der Waals surface area (Å²) in [7, 11) is 0. The van der Waals surface area contributed by atoms with E-state index in [2.05, 4.69) is 14.7 Å². The van der Waals surface area contributed by atoms with E-state index in [1.165, 1.54) is 11.5 Å². The maximum Gasteiger partial charge on any atom is 0.412 e. The second-order valence-corrected chi connectivity index (χ2v) is 4.80. The van der Waals surface area contributed by atoms with Crippen molar-refractivity contribution in [1.29, 1.82) is 0 Å². The lowest BCUT2D eigenvalue weighted by Gasteiger charge is -2.07. The molecular weight excluding hydrogens is 262 g/mol. The second-order valence-electron chi connectivity index (χ2n) is 3.94. The second kappa shape index (κ2) is 6.29. The molecule has 1 N–H and O–H groups in total. The number of hydrogen-bond acceptors (Lipinski definition) is 5. The van der Waals surface area contributed by atoms with E-state index >= 15 is 0 Å². The Morgan fingerprint density at radius 1 is 1.47 bits per heavy atom. The van der Waals surface area contributed by atoms with Crippen LogP contribution in [0.15, 0.2) is 24.4 Å². The van der Waals surface area contributed by atoms with Crippen molar-refractivity contribution in [3.63, 3.8) is 0 Å². The Morgan fingerprint density at radius 2 is 2.32 bits per heavy atom. The molecule has 0 radical (unpaired) electrons. The molecule has 0 spiro atoms. The molecule has 19 heavy (non-hydrogen) atoms. The SMILES string of the molecule is CCc1snc(C)c1NC(=O)OCc1ccccn1. The molecule has 5 nitrogen and oxygen atoms in total. The van der Waals surface area contributed by atoms with Crippen molar-refractivity contribution in [3.8, 4) is 0 Å². The predicted octanol–water partition coefficient (Wildman–Crippen LogP) is 3.16. The summed E-state index contributed by atoms with van der Waals surface area (Å²) in [5.41, 5.74) is 2.30. The third kappa shape index (κ3) is 3.51. The maximum absolute atomic E-state index is 11.7. The van der Waals surface area contributed by atoms with Gasteiger partial charge in [-0.2, -0.15) is 4.37 Å². The zero-order valence-corrected chi connectivity index (χ0v) is 11.7. The summed E-state index contributed by atoms with van der Waals surface area (Å²) in [6.07, 6.45) is 2.02. The van der Waals surface area contributed by atoms with Crippen molar-refractivity contribution < 1.29 is 9.53 Å². The summed E-state index contributed by atoms with van der Waals surface area (Å²) in [6, 6.07) is 5.48. The van der Waals surface area contributed by atoms with Gasteiger partial charge < -0.3 is 4.74 Å². The number of amides is 1. The van der Waals surface area contributed by atoms with Crippen molar-refractivity contribution in [1.82, 2.24) is 9.36 Å². The Morgan fingerprint density at radius 3 is 3.00 bits per heavy atom. The number of pyridine rings is 1. The number of ether oxygens (including phenoxy) is 1. The molecule has 0 bridgehead atoms. The molecule has 0 aliphatic rings. The third-order valence-electron chi connectivity index (χ3n) is 2.56. The van der Waals surface area contributed by atoms with Gasteiger partial charge in [-0.05, 0) is 37.0 Å². The van der Waals surface area contributed by atoms with Crippen molar-refractivity contribution >= 4 is 23.3 Å². The van der Waals surface area contributed by atoms with Gasteiger partial charge >= 0.3 is 6.09 Å². The van der Waals surface area contributed by atoms with Gasteiger partial charge in [0.05, 0.1) is 17.1 Å². The van der Waals surface area contributed by atoms with E-state index in [-0.39, 0.29) is 6.61 Å². The van der Waals surface area contributed by atoms with Crippen LogP contribution in [0.25, 0.3) is 0 Å². The van der Waals surface area contributed by atoms with Crippen molar-refractivity contribution in [3.05, 3.63) is 40.7 Å². The standard InChI is InChI=1S/C13H15N3O2S/c1-3-11-12(9(2)16-19-11)15-13(17)18-8-10-6-4-5-7-14-10/h4-7H,3,8H2,1-2H3,(H,15,17). The number of anilines is 1. The van der Waals surface area contributed by atoms with Crippen LogP contribution in [0.3, 0.4) is 0 Å². The molecule has 6 heteroatoms. The molecule has 0 atom stereocenters. The Labute approximate surface area is 115 Å². The summed E-state index contributed by atoms with van der Waals surface area (Å²) < 4.78 is 9.34. The van der Waals surface area contributed by atoms with Gasteiger partial charge in [-0.15, -0.1) is 0 Å². The average Bonchev–Trinajstić information content (AvgIpc) is 2.78. The Bertz CT molecular complexity index is 554. The Hall–Kier alpha value is -1.95. The fourth-order valence-electron chi connectivity index (χ4n) is 1.58. The minimum absolute atomic E-state index is 0.157. The van der Waals surface area contributed by atoms with E-state index in [9.17, 15) is 4.79 Å². The summed E-state index contributed by atoms with van der Waals surface area (Å²) in [5, 5.41) is 2.74. The summed E-state index contributed by atoms with van der Waals surface area (Å²) in [4.78, 5) is 16.9. The number of carbonyl (C=O) groups excluding carboxylic acids is 1. The number of nitrogens with zero attached hydrogens (tertiary/aromatic N) is 2. The van der Waals surface area contributed by atoms with Crippen LogP contribution in [-0.4, -0.2) is 15.5 Å². The number of aryl methyl sites for hydroxylation is 2. The van der Waals surface area contributed by atoms with Gasteiger partial charge in [-0.1, -0.05) is 13.0 Å². The van der Waals surface area contributed by atoms with Crippen LogP contribution in [0, 0.1) is 6.92 Å². The number of nitrogens with one attached hydrogen (secondary N) is 1. The first-order valence-corrected chi connectivity index (χ1v) is 6.77. The van der Waals surface area contributed by atoms with Crippen molar-refractivity contribution in [2.45, 2.75) is 26.9 Å². The molecule has 0 aliphatic carbocycles. The zero-order valence-electron chi connectivity index (χ0n) is 10.8. The topological polar surface area (TPSA) is 64.1 Å². The lowest BCUT2D eigenvalue weighted by Crippen LogP contribution is -2.15. The van der Waals surface area contributed by atoms with Gasteiger partial charge in [0.25, 0.3) is 0 Å². The normalized spacial score (nSPS) is 10.2. The van der Waals surface area contributed by atoms with Gasteiger partial charge in [0.15, 0.2) is 0 Å². The highest BCUT2D eigenvalue weighted by Crippen LogP contribution is 2.24. The summed E-state index contributed by atoms with van der Waals surface area (Å²) >= 11 is 1.40. The fourth-order valence-corrected chi connectivity index (χ4v) is 2.34. The minimum atomic E-state index is -0.483. The number of hydrogen-bond donors (Lipinski definition) is 1. The highest BCUT2D eigenvalue weighted by Gasteiger charge is 2.13. The Balaban J connectivity index is 1.93. The average molecular weight is 277 g/mol. The Kier molecular flexibility index (Phi) is 4.46. The molecule has 0 saturated carbocycles. The molecule has 2 aromatic heterocycles. The van der Waals surface area contributed by atoms with E-state index in [0.717, 1.165) is 22.7 Å². The monoisotopic (exact) mass is 277 g/mol. The van der Waals surface area contributed by atoms with Crippen LogP contribution >= 0.6 is 11.5 Å². The highest BCUT2D eigenvalue weighted by atomic mass is 32.1. The molecule has 0 aliphatic heterocycles. The molecule has 2 aromatic rings. The van der Waals surface area contributed by atoms with Crippen LogP contribution in [0.1, 0.15) is 23.2 Å². The predicted molar refractivity (Wildman–Crippen MR) is 74.3 cm³/mol. The molecule has 2 rings (SSSR count). The van der Waals surface area contributed by atoms with Gasteiger partial charge in [0.2, 0.25) is 0 Å². The van der Waals surface area contributed by atoms with E-state index in [4.69, 9.17) is 4.74 Å². The smallest absolute Gasteiger partial charge is 0.412 e. The lowest BCUT2D eigenvalue weighted by molar-refractivity contribution is 0.153. The van der Waals surface area contributed by atoms with Crippen LogP contribution in [-0.2, 0) is 17.8 Å². The quantitative estimate of drug-likeness (QED) is 0.932. The molecular formula is C13H15N3O2S. The number of carbonyl (C=O) groups is 1. The first kappa shape index (κ1) is 13.5. The summed E-state index contributed by atoms with van der Waals surface area (Å²) in [5.74, 6) is 0. The first-order chi connectivity index (χ1) is 9.20. The maximum atomic E-state index is 11.7. The van der Waals surface area contributed by atoms with Crippen LogP contribution in [0.2, 0.25) is 0 Å². The van der Waals surface area contributed by atoms with Gasteiger partial charge in [0, 0.05) is 11.1 Å². The van der Waals surface area contributed by atoms with Crippen LogP contribution in [0.4, 0.5) is 10.5 Å². The summed E-state index contributed by atoms with van der Waals surface area (Å²) in [6.45, 7) is 4.05. The van der Waals surface area contributed by atoms with Crippen molar-refractivity contribution in [2.75, 3.05) is 5.32 Å². The molecule has 0 aromatic carbocycles. The minimum Gasteiger partial charge on any atom is -0.443 e. The van der Waals surface area contributed by atoms with Gasteiger partial charge in [-0.25, -0.2) is 4.79 Å². The van der Waals surface area contributed by atoms with Gasteiger partial charge in [-0.3, -0.25) is 10.3 Å². The van der Waals surface area contributed by atoms with E-state index in [1.54, 1.807) is 6.20 Å².